The highest BCUT2D eigenvalue weighted by molar-refractivity contribution is 7.71. The second-order valence-electron chi connectivity index (χ2n) is 9.17. The zero-order valence-electron chi connectivity index (χ0n) is 22.7. The summed E-state index contributed by atoms with van der Waals surface area (Å²) in [6.45, 7) is 9.49. The fraction of sp³-hybridized carbons (Fsp3) is 0.194. The summed E-state index contributed by atoms with van der Waals surface area (Å²) in [7, 11) is 1.76. The molecule has 3 heterocycles. The Hall–Kier alpha value is -3.79. The average Bonchev–Trinajstić information content (AvgIpc) is 3.56. The van der Waals surface area contributed by atoms with Crippen molar-refractivity contribution in [3.63, 3.8) is 0 Å². The summed E-state index contributed by atoms with van der Waals surface area (Å²) in [4.78, 5) is 14.7. The van der Waals surface area contributed by atoms with E-state index in [1.165, 1.54) is 20.8 Å². The molecule has 0 atom stereocenters. The molecular formula is C31H30N4O2S3. The van der Waals surface area contributed by atoms with Crippen molar-refractivity contribution in [3.05, 3.63) is 108 Å². The zero-order valence-corrected chi connectivity index (χ0v) is 25.1. The third-order valence-electron chi connectivity index (χ3n) is 6.78. The van der Waals surface area contributed by atoms with Gasteiger partial charge in [-0.05, 0) is 55.7 Å². The van der Waals surface area contributed by atoms with Gasteiger partial charge in [0.05, 0.1) is 16.3 Å². The summed E-state index contributed by atoms with van der Waals surface area (Å²) in [6, 6.07) is 20.8. The topological polar surface area (TPSA) is 58.8 Å². The number of hydrogen-bond acceptors (Lipinski definition) is 5. The van der Waals surface area contributed by atoms with Crippen LogP contribution in [0.1, 0.15) is 24.5 Å². The molecule has 0 N–H and O–H groups in total. The van der Waals surface area contributed by atoms with Crippen LogP contribution < -0.4 is 24.4 Å². The van der Waals surface area contributed by atoms with Gasteiger partial charge in [-0.3, -0.25) is 9.36 Å². The van der Waals surface area contributed by atoms with Crippen molar-refractivity contribution in [2.75, 3.05) is 0 Å². The van der Waals surface area contributed by atoms with Crippen LogP contribution in [-0.2, 0) is 26.7 Å². The molecule has 0 amide bonds. The number of aromatic nitrogens is 4. The average molecular weight is 587 g/mol. The molecule has 0 saturated carbocycles. The quantitative estimate of drug-likeness (QED) is 0.154. The number of imidazole rings is 1. The van der Waals surface area contributed by atoms with E-state index in [0.29, 0.717) is 28.1 Å². The van der Waals surface area contributed by atoms with Crippen LogP contribution in [0.15, 0.2) is 78.1 Å². The third-order valence-corrected chi connectivity index (χ3v) is 9.51. The lowest BCUT2D eigenvalue weighted by molar-refractivity contribution is -0.679. The first kappa shape index (κ1) is 27.8. The highest BCUT2D eigenvalue weighted by Gasteiger charge is 2.27. The number of rotatable bonds is 8. The highest BCUT2D eigenvalue weighted by atomic mass is 32.1. The Morgan fingerprint density at radius 3 is 2.20 bits per heavy atom. The van der Waals surface area contributed by atoms with Crippen LogP contribution >= 0.6 is 34.9 Å². The van der Waals surface area contributed by atoms with Gasteiger partial charge in [0.15, 0.2) is 4.77 Å². The van der Waals surface area contributed by atoms with Crippen LogP contribution in [0.4, 0.5) is 0 Å². The second kappa shape index (κ2) is 11.8. The maximum atomic E-state index is 13.6. The standard InChI is InChI=1S/C31H30N4O2S3/c1-5-18-35-26(39-24(30(35)37)19-23-29(36)34(7-3)31(38)32(23)4)20-25-33(6-2)27(21-14-10-8-11-15-21)28(40-25)22-16-12-9-13-17-22/h5,8-17,19-20H,1,6-7,18H2,2-4H3. The van der Waals surface area contributed by atoms with Crippen molar-refractivity contribution >= 4 is 47.0 Å². The Morgan fingerprint density at radius 1 is 0.975 bits per heavy atom. The van der Waals surface area contributed by atoms with Crippen LogP contribution in [0, 0.1) is 4.77 Å². The van der Waals surface area contributed by atoms with Gasteiger partial charge in [-0.15, -0.1) is 17.9 Å². The van der Waals surface area contributed by atoms with Crippen molar-refractivity contribution in [2.45, 2.75) is 33.5 Å². The van der Waals surface area contributed by atoms with Gasteiger partial charge < -0.3 is 14.2 Å². The smallest absolute Gasteiger partial charge is 0.269 e. The molecule has 0 aliphatic carbocycles. The molecule has 6 nitrogen and oxygen atoms in total. The molecule has 0 fully saturated rings. The van der Waals surface area contributed by atoms with Gasteiger partial charge in [0.1, 0.15) is 16.1 Å². The number of allylic oxidation sites excluding steroid dienone is 1. The minimum absolute atomic E-state index is 0.156. The molecule has 0 radical (unpaired) electrons. The van der Waals surface area contributed by atoms with Gasteiger partial charge in [-0.2, -0.15) is 4.57 Å². The van der Waals surface area contributed by atoms with E-state index in [9.17, 15) is 9.90 Å². The van der Waals surface area contributed by atoms with Gasteiger partial charge in [-0.25, -0.2) is 0 Å². The van der Waals surface area contributed by atoms with E-state index in [-0.39, 0.29) is 11.4 Å². The normalized spacial score (nSPS) is 12.4. The van der Waals surface area contributed by atoms with Crippen LogP contribution in [0.3, 0.4) is 0 Å². The van der Waals surface area contributed by atoms with E-state index < -0.39 is 0 Å². The Balaban J connectivity index is 1.78. The summed E-state index contributed by atoms with van der Waals surface area (Å²) in [5.41, 5.74) is 3.68. The van der Waals surface area contributed by atoms with Crippen LogP contribution in [0.5, 0.6) is 5.88 Å². The van der Waals surface area contributed by atoms with Crippen molar-refractivity contribution in [1.29, 1.82) is 0 Å². The maximum absolute atomic E-state index is 13.6. The molecule has 5 aromatic rings. The summed E-state index contributed by atoms with van der Waals surface area (Å²) in [5, 5.41) is 14.0. The fourth-order valence-corrected chi connectivity index (χ4v) is 7.50. The lowest BCUT2D eigenvalue weighted by Gasteiger charge is -2.09. The Labute approximate surface area is 246 Å². The number of nitrogens with zero attached hydrogens (tertiary/aromatic N) is 4. The Kier molecular flexibility index (Phi) is 8.16. The van der Waals surface area contributed by atoms with Gasteiger partial charge in [-0.1, -0.05) is 65.9 Å². The molecule has 0 spiro atoms. The summed E-state index contributed by atoms with van der Waals surface area (Å²) < 4.78 is 8.94. The molecule has 2 aromatic carbocycles. The number of hydrogen-bond donors (Lipinski definition) is 0. The fourth-order valence-electron chi connectivity index (χ4n) is 4.80. The SMILES string of the molecule is C=CCn1c(=O)/c(=C/c2c([O-])n(CC)c(=S)n2C)s/c1=C/c1sc(-c2ccccc2)c(-c2ccccc2)[n+]1CC. The van der Waals surface area contributed by atoms with Crippen molar-refractivity contribution < 1.29 is 9.67 Å². The molecule has 0 aliphatic heterocycles. The zero-order chi connectivity index (χ0) is 28.4. The first-order valence-corrected chi connectivity index (χ1v) is 15.1. The van der Waals surface area contributed by atoms with E-state index in [4.69, 9.17) is 12.2 Å². The molecule has 9 heteroatoms. The minimum Gasteiger partial charge on any atom is -0.859 e. The second-order valence-corrected chi connectivity index (χ2v) is 11.6. The van der Waals surface area contributed by atoms with Crippen LogP contribution in [0.25, 0.3) is 33.9 Å². The van der Waals surface area contributed by atoms with Gasteiger partial charge in [0.2, 0.25) is 5.69 Å². The molecule has 0 aliphatic rings. The van der Waals surface area contributed by atoms with Crippen molar-refractivity contribution in [2.24, 2.45) is 7.05 Å². The molecule has 204 valence electrons. The lowest BCUT2D eigenvalue weighted by atomic mass is 10.1. The molecule has 40 heavy (non-hydrogen) atoms. The third kappa shape index (κ3) is 4.96. The van der Waals surface area contributed by atoms with Gasteiger partial charge in [0.25, 0.3) is 10.6 Å². The summed E-state index contributed by atoms with van der Waals surface area (Å²) in [6.07, 6.45) is 5.46. The van der Waals surface area contributed by atoms with E-state index in [1.54, 1.807) is 39.7 Å². The number of thiazole rings is 2. The van der Waals surface area contributed by atoms with Crippen LogP contribution in [-0.4, -0.2) is 13.7 Å². The first-order valence-electron chi connectivity index (χ1n) is 13.1. The van der Waals surface area contributed by atoms with E-state index in [1.807, 2.05) is 19.1 Å². The highest BCUT2D eigenvalue weighted by Crippen LogP contribution is 2.36. The van der Waals surface area contributed by atoms with Crippen molar-refractivity contribution in [1.82, 2.24) is 13.7 Å². The van der Waals surface area contributed by atoms with E-state index in [0.717, 1.165) is 33.0 Å². The van der Waals surface area contributed by atoms with E-state index in [2.05, 4.69) is 72.7 Å². The predicted molar refractivity (Wildman–Crippen MR) is 166 cm³/mol. The molecule has 0 bridgehead atoms. The molecule has 5 rings (SSSR count). The van der Waals surface area contributed by atoms with Gasteiger partial charge in [0, 0.05) is 25.7 Å². The molecule has 3 aromatic heterocycles. The summed E-state index contributed by atoms with van der Waals surface area (Å²) >= 11 is 8.51. The molecule has 0 saturated heterocycles. The predicted octanol–water partition coefficient (Wildman–Crippen LogP) is 4.42. The van der Waals surface area contributed by atoms with Crippen LogP contribution in [0.2, 0.25) is 0 Å². The Bertz CT molecular complexity index is 1920. The largest absolute Gasteiger partial charge is 0.859 e. The molecule has 0 unspecified atom stereocenters. The van der Waals surface area contributed by atoms with Gasteiger partial charge >= 0.3 is 0 Å². The first-order chi connectivity index (χ1) is 19.4. The lowest BCUT2D eigenvalue weighted by Crippen LogP contribution is -2.37. The minimum atomic E-state index is -0.189. The maximum Gasteiger partial charge on any atom is 0.269 e. The Morgan fingerprint density at radius 2 is 1.62 bits per heavy atom. The monoisotopic (exact) mass is 586 g/mol. The summed E-state index contributed by atoms with van der Waals surface area (Å²) in [5.74, 6) is -0.189. The van der Waals surface area contributed by atoms with Crippen molar-refractivity contribution in [3.8, 4) is 27.6 Å². The number of benzene rings is 2. The molecular weight excluding hydrogens is 557 g/mol. The van der Waals surface area contributed by atoms with E-state index >= 15 is 0 Å².